The molecule has 0 saturated carbocycles. The van der Waals surface area contributed by atoms with Crippen LogP contribution in [-0.2, 0) is 16.1 Å². The van der Waals surface area contributed by atoms with Gasteiger partial charge < -0.3 is 10.1 Å². The highest BCUT2D eigenvalue weighted by Gasteiger charge is 2.21. The van der Waals surface area contributed by atoms with Crippen LogP contribution in [0.15, 0.2) is 11.1 Å². The van der Waals surface area contributed by atoms with E-state index in [9.17, 15) is 14.4 Å². The van der Waals surface area contributed by atoms with Crippen molar-refractivity contribution in [2.24, 2.45) is 5.92 Å². The molecule has 0 unspecified atom stereocenters. The molecular weight excluding hydrogens is 354 g/mol. The number of nitrogens with one attached hydrogen (secondary N) is 1. The minimum atomic E-state index is -0.442. The Kier molecular flexibility index (Phi) is 6.90. The van der Waals surface area contributed by atoms with Crippen molar-refractivity contribution in [1.82, 2.24) is 14.9 Å². The Labute approximate surface area is 156 Å². The lowest BCUT2D eigenvalue weighted by atomic mass is 10.2. The Bertz CT molecular complexity index is 854. The number of hydrogen-bond acceptors (Lipinski definition) is 6. The zero-order valence-corrected chi connectivity index (χ0v) is 16.4. The number of rotatable bonds is 8. The number of nitrogens with zero attached hydrogens (tertiary/aromatic N) is 2. The predicted molar refractivity (Wildman–Crippen MR) is 102 cm³/mol. The Morgan fingerprint density at radius 2 is 2.12 bits per heavy atom. The minimum absolute atomic E-state index is 0.0894. The first-order valence-electron chi connectivity index (χ1n) is 8.77. The molecule has 0 fully saturated rings. The van der Waals surface area contributed by atoms with E-state index in [2.05, 4.69) is 10.3 Å². The van der Waals surface area contributed by atoms with Crippen molar-refractivity contribution < 1.29 is 14.3 Å². The SMILES string of the molecule is CCCCNC(=O)Cn1cnc2sc(C(=O)OCC(C)C)c(C)c2c1=O. The number of unbranched alkanes of at least 4 members (excludes halogenated alkanes) is 1. The van der Waals surface area contributed by atoms with Crippen LogP contribution in [0, 0.1) is 12.8 Å². The number of esters is 1. The molecule has 1 amide bonds. The van der Waals surface area contributed by atoms with E-state index >= 15 is 0 Å². The van der Waals surface area contributed by atoms with Crippen molar-refractivity contribution in [3.8, 4) is 0 Å². The summed E-state index contributed by atoms with van der Waals surface area (Å²) in [5.74, 6) is -0.441. The Balaban J connectivity index is 2.25. The van der Waals surface area contributed by atoms with E-state index in [0.717, 1.165) is 24.2 Å². The summed E-state index contributed by atoms with van der Waals surface area (Å²) in [4.78, 5) is 42.0. The molecule has 26 heavy (non-hydrogen) atoms. The van der Waals surface area contributed by atoms with Crippen LogP contribution in [0.25, 0.3) is 10.2 Å². The highest BCUT2D eigenvalue weighted by molar-refractivity contribution is 7.20. The highest BCUT2D eigenvalue weighted by atomic mass is 32.1. The number of carbonyl (C=O) groups is 2. The fourth-order valence-corrected chi connectivity index (χ4v) is 3.42. The Morgan fingerprint density at radius 1 is 1.38 bits per heavy atom. The Hall–Kier alpha value is -2.22. The van der Waals surface area contributed by atoms with Gasteiger partial charge in [0.05, 0.1) is 18.3 Å². The van der Waals surface area contributed by atoms with Gasteiger partial charge in [-0.3, -0.25) is 14.2 Å². The van der Waals surface area contributed by atoms with Gasteiger partial charge in [-0.1, -0.05) is 27.2 Å². The van der Waals surface area contributed by atoms with E-state index in [1.165, 1.54) is 10.9 Å². The van der Waals surface area contributed by atoms with Gasteiger partial charge in [-0.05, 0) is 24.8 Å². The van der Waals surface area contributed by atoms with E-state index in [0.29, 0.717) is 33.8 Å². The summed E-state index contributed by atoms with van der Waals surface area (Å²) in [5, 5.41) is 3.15. The topological polar surface area (TPSA) is 90.3 Å². The first kappa shape index (κ1) is 20.1. The fraction of sp³-hybridized carbons (Fsp3) is 0.556. The molecule has 0 aromatic carbocycles. The van der Waals surface area contributed by atoms with Gasteiger partial charge in [-0.2, -0.15) is 0 Å². The maximum atomic E-state index is 12.7. The second-order valence-corrected chi connectivity index (χ2v) is 7.61. The van der Waals surface area contributed by atoms with E-state index in [1.807, 2.05) is 20.8 Å². The van der Waals surface area contributed by atoms with Crippen LogP contribution in [0.2, 0.25) is 0 Å². The summed E-state index contributed by atoms with van der Waals surface area (Å²) < 4.78 is 6.53. The molecule has 8 heteroatoms. The molecule has 1 N–H and O–H groups in total. The van der Waals surface area contributed by atoms with Crippen molar-refractivity contribution in [2.75, 3.05) is 13.2 Å². The molecule has 0 atom stereocenters. The summed E-state index contributed by atoms with van der Waals surface area (Å²) in [5.41, 5.74) is 0.231. The Morgan fingerprint density at radius 3 is 2.77 bits per heavy atom. The van der Waals surface area contributed by atoms with Crippen LogP contribution < -0.4 is 10.9 Å². The van der Waals surface area contributed by atoms with Crippen molar-refractivity contribution >= 4 is 33.4 Å². The zero-order valence-electron chi connectivity index (χ0n) is 15.6. The van der Waals surface area contributed by atoms with Crippen LogP contribution >= 0.6 is 11.3 Å². The summed E-state index contributed by atoms with van der Waals surface area (Å²) in [6, 6.07) is 0. The van der Waals surface area contributed by atoms with Crippen molar-refractivity contribution in [3.05, 3.63) is 27.1 Å². The lowest BCUT2D eigenvalue weighted by Gasteiger charge is -2.07. The molecule has 0 bridgehead atoms. The monoisotopic (exact) mass is 379 g/mol. The summed E-state index contributed by atoms with van der Waals surface area (Å²) in [7, 11) is 0. The third kappa shape index (κ3) is 4.69. The van der Waals surface area contributed by atoms with Crippen molar-refractivity contribution in [3.63, 3.8) is 0 Å². The minimum Gasteiger partial charge on any atom is -0.461 e. The molecular formula is C18H25N3O4S. The van der Waals surface area contributed by atoms with Crippen molar-refractivity contribution in [1.29, 1.82) is 0 Å². The molecule has 0 aliphatic rings. The van der Waals surface area contributed by atoms with Crippen LogP contribution in [0.5, 0.6) is 0 Å². The zero-order chi connectivity index (χ0) is 19.3. The number of aromatic nitrogens is 2. The first-order valence-corrected chi connectivity index (χ1v) is 9.59. The highest BCUT2D eigenvalue weighted by Crippen LogP contribution is 2.27. The molecule has 2 rings (SSSR count). The number of fused-ring (bicyclic) bond motifs is 1. The van der Waals surface area contributed by atoms with Crippen LogP contribution in [0.4, 0.5) is 0 Å². The van der Waals surface area contributed by atoms with E-state index in [-0.39, 0.29) is 23.9 Å². The lowest BCUT2D eigenvalue weighted by molar-refractivity contribution is -0.121. The van der Waals surface area contributed by atoms with Crippen LogP contribution in [0.1, 0.15) is 48.8 Å². The fourth-order valence-electron chi connectivity index (χ4n) is 2.39. The molecule has 0 aliphatic heterocycles. The number of hydrogen-bond donors (Lipinski definition) is 1. The molecule has 2 aromatic rings. The molecule has 0 aliphatic carbocycles. The molecule has 7 nitrogen and oxygen atoms in total. The average Bonchev–Trinajstić information content (AvgIpc) is 2.93. The van der Waals surface area contributed by atoms with E-state index < -0.39 is 5.97 Å². The number of aryl methyl sites for hydroxylation is 1. The molecule has 142 valence electrons. The number of amides is 1. The number of ether oxygens (including phenoxy) is 1. The molecule has 2 heterocycles. The summed E-state index contributed by atoms with van der Waals surface area (Å²) >= 11 is 1.14. The molecule has 0 radical (unpaired) electrons. The lowest BCUT2D eigenvalue weighted by Crippen LogP contribution is -2.32. The first-order chi connectivity index (χ1) is 12.3. The van der Waals surface area contributed by atoms with Crippen LogP contribution in [0.3, 0.4) is 0 Å². The van der Waals surface area contributed by atoms with Crippen molar-refractivity contribution in [2.45, 2.75) is 47.1 Å². The molecule has 0 saturated heterocycles. The van der Waals surface area contributed by atoms with Gasteiger partial charge >= 0.3 is 5.97 Å². The van der Waals surface area contributed by atoms with Gasteiger partial charge in [0.1, 0.15) is 16.3 Å². The van der Waals surface area contributed by atoms with Gasteiger partial charge in [0, 0.05) is 6.54 Å². The normalized spacial score (nSPS) is 11.1. The summed E-state index contributed by atoms with van der Waals surface area (Å²) in [6.07, 6.45) is 3.23. The van der Waals surface area contributed by atoms with Crippen LogP contribution in [-0.4, -0.2) is 34.6 Å². The van der Waals surface area contributed by atoms with E-state index in [1.54, 1.807) is 6.92 Å². The standard InChI is InChI=1S/C18H25N3O4S/c1-5-6-7-19-13(22)8-21-10-20-16-14(17(21)23)12(4)15(26-16)18(24)25-9-11(2)3/h10-11H,5-9H2,1-4H3,(H,19,22). The van der Waals surface area contributed by atoms with Gasteiger partial charge in [0.2, 0.25) is 5.91 Å². The van der Waals surface area contributed by atoms with Gasteiger partial charge in [-0.25, -0.2) is 9.78 Å². The summed E-state index contributed by atoms with van der Waals surface area (Å²) in [6.45, 7) is 8.48. The largest absolute Gasteiger partial charge is 0.461 e. The maximum absolute atomic E-state index is 12.7. The van der Waals surface area contributed by atoms with Gasteiger partial charge in [-0.15, -0.1) is 11.3 Å². The predicted octanol–water partition coefficient (Wildman–Crippen LogP) is 2.50. The van der Waals surface area contributed by atoms with Gasteiger partial charge in [0.25, 0.3) is 5.56 Å². The number of carbonyl (C=O) groups excluding carboxylic acids is 2. The van der Waals surface area contributed by atoms with Gasteiger partial charge in [0.15, 0.2) is 0 Å². The van der Waals surface area contributed by atoms with E-state index in [4.69, 9.17) is 4.74 Å². The smallest absolute Gasteiger partial charge is 0.348 e. The average molecular weight is 379 g/mol. The third-order valence-corrected chi connectivity index (χ3v) is 5.00. The number of thiophene rings is 1. The molecule has 0 spiro atoms. The quantitative estimate of drug-likeness (QED) is 0.562. The second-order valence-electron chi connectivity index (χ2n) is 6.61. The third-order valence-electron chi connectivity index (χ3n) is 3.82. The molecule has 2 aromatic heterocycles. The second kappa shape index (κ2) is 8.93. The maximum Gasteiger partial charge on any atom is 0.348 e.